The maximum Gasteiger partial charge on any atom is 0.280 e. The molecule has 0 aliphatic heterocycles. The first-order chi connectivity index (χ1) is 13.0. The molecule has 2 rings (SSSR count). The molecule has 0 radical (unpaired) electrons. The minimum absolute atomic E-state index is 0.0923. The summed E-state index contributed by atoms with van der Waals surface area (Å²) in [7, 11) is 3.65. The fraction of sp³-hybridized carbons (Fsp3) is 0.364. The van der Waals surface area contributed by atoms with Gasteiger partial charge < -0.3 is 15.1 Å². The van der Waals surface area contributed by atoms with Crippen molar-refractivity contribution in [2.75, 3.05) is 20.6 Å². The number of likely N-dealkylation sites (N-methyl/N-ethyl adjacent to an activating group) is 2. The van der Waals surface area contributed by atoms with Gasteiger partial charge in [-0.05, 0) is 31.5 Å². The Morgan fingerprint density at radius 2 is 1.67 bits per heavy atom. The van der Waals surface area contributed by atoms with Gasteiger partial charge in [-0.25, -0.2) is 0 Å². The van der Waals surface area contributed by atoms with Crippen LogP contribution in [-0.4, -0.2) is 43.4 Å². The molecule has 0 aromatic heterocycles. The van der Waals surface area contributed by atoms with Crippen LogP contribution >= 0.6 is 0 Å². The second-order valence-electron chi connectivity index (χ2n) is 6.86. The minimum Gasteiger partial charge on any atom is -0.355 e. The van der Waals surface area contributed by atoms with Crippen molar-refractivity contribution < 1.29 is 14.5 Å². The van der Waals surface area contributed by atoms with Crippen molar-refractivity contribution >= 4 is 11.8 Å². The van der Waals surface area contributed by atoms with Crippen molar-refractivity contribution in [3.8, 4) is 0 Å². The van der Waals surface area contributed by atoms with Gasteiger partial charge in [0.1, 0.15) is 6.54 Å². The van der Waals surface area contributed by atoms with E-state index in [2.05, 4.69) is 5.32 Å². The van der Waals surface area contributed by atoms with E-state index in [9.17, 15) is 9.59 Å². The van der Waals surface area contributed by atoms with Crippen LogP contribution in [0.15, 0.2) is 54.6 Å². The largest absolute Gasteiger partial charge is 0.355 e. The van der Waals surface area contributed by atoms with Crippen molar-refractivity contribution in [1.82, 2.24) is 10.2 Å². The van der Waals surface area contributed by atoms with E-state index >= 15 is 0 Å². The van der Waals surface area contributed by atoms with Crippen LogP contribution in [0.5, 0.6) is 0 Å². The van der Waals surface area contributed by atoms with E-state index < -0.39 is 0 Å². The summed E-state index contributed by atoms with van der Waals surface area (Å²) >= 11 is 0. The van der Waals surface area contributed by atoms with Crippen LogP contribution in [0.3, 0.4) is 0 Å². The van der Waals surface area contributed by atoms with Crippen molar-refractivity contribution in [1.29, 1.82) is 0 Å². The van der Waals surface area contributed by atoms with Crippen LogP contribution in [-0.2, 0) is 17.9 Å². The van der Waals surface area contributed by atoms with Crippen molar-refractivity contribution in [2.45, 2.75) is 33.0 Å². The molecule has 27 heavy (non-hydrogen) atoms. The Kier molecular flexibility index (Phi) is 7.55. The molecule has 2 aromatic rings. The van der Waals surface area contributed by atoms with E-state index in [0.717, 1.165) is 22.6 Å². The fourth-order valence-corrected chi connectivity index (χ4v) is 3.03. The summed E-state index contributed by atoms with van der Waals surface area (Å²) in [6, 6.07) is 17.5. The topological polar surface area (TPSA) is 53.9 Å². The molecule has 0 saturated carbocycles. The van der Waals surface area contributed by atoms with Gasteiger partial charge in [0.15, 0.2) is 6.04 Å². The van der Waals surface area contributed by atoms with Gasteiger partial charge in [0, 0.05) is 31.3 Å². The third-order valence-corrected chi connectivity index (χ3v) is 4.95. The SMILES string of the molecule is CCN(Cc1ccccc1)C(=O)[C@H](C)[NH+](C)Cc1ccc(C(=O)NC)cc1. The highest BCUT2D eigenvalue weighted by Gasteiger charge is 2.26. The average Bonchev–Trinajstić information content (AvgIpc) is 2.71. The molecule has 0 saturated heterocycles. The van der Waals surface area contributed by atoms with Gasteiger partial charge >= 0.3 is 0 Å². The lowest BCUT2D eigenvalue weighted by atomic mass is 10.1. The first-order valence-electron chi connectivity index (χ1n) is 9.42. The van der Waals surface area contributed by atoms with Gasteiger partial charge in [-0.2, -0.15) is 0 Å². The number of carbonyl (C=O) groups is 2. The zero-order chi connectivity index (χ0) is 19.8. The minimum atomic E-state index is -0.146. The number of rotatable bonds is 8. The third-order valence-electron chi connectivity index (χ3n) is 4.95. The summed E-state index contributed by atoms with van der Waals surface area (Å²) in [5.41, 5.74) is 2.89. The number of nitrogens with zero attached hydrogens (tertiary/aromatic N) is 1. The average molecular weight is 369 g/mol. The Labute approximate surface area is 162 Å². The van der Waals surface area contributed by atoms with Crippen LogP contribution in [0.2, 0.25) is 0 Å². The molecule has 0 bridgehead atoms. The Morgan fingerprint density at radius 1 is 1.04 bits per heavy atom. The molecular formula is C22H30N3O2+. The van der Waals surface area contributed by atoms with Gasteiger partial charge in [-0.15, -0.1) is 0 Å². The molecule has 0 fully saturated rings. The van der Waals surface area contributed by atoms with Crippen molar-refractivity contribution in [2.24, 2.45) is 0 Å². The van der Waals surface area contributed by atoms with E-state index in [-0.39, 0.29) is 17.9 Å². The standard InChI is InChI=1S/C22H29N3O2/c1-5-25(16-18-9-7-6-8-10-18)22(27)17(2)24(4)15-19-11-13-20(14-12-19)21(26)23-3/h6-14,17H,5,15-16H2,1-4H3,(H,23,26)/p+1/t17-/m0/s1. The molecule has 2 aromatic carbocycles. The van der Waals surface area contributed by atoms with Crippen molar-refractivity contribution in [3.63, 3.8) is 0 Å². The molecular weight excluding hydrogens is 338 g/mol. The number of hydrogen-bond acceptors (Lipinski definition) is 2. The van der Waals surface area contributed by atoms with Crippen LogP contribution in [0.1, 0.15) is 35.3 Å². The van der Waals surface area contributed by atoms with Gasteiger partial charge in [0.25, 0.3) is 11.8 Å². The summed E-state index contributed by atoms with van der Waals surface area (Å²) in [5, 5.41) is 2.62. The molecule has 2 atom stereocenters. The number of hydrogen-bond donors (Lipinski definition) is 2. The molecule has 2 amide bonds. The van der Waals surface area contributed by atoms with Crippen LogP contribution in [0.25, 0.3) is 0 Å². The highest BCUT2D eigenvalue weighted by Crippen LogP contribution is 2.06. The monoisotopic (exact) mass is 368 g/mol. The highest BCUT2D eigenvalue weighted by atomic mass is 16.2. The van der Waals surface area contributed by atoms with Gasteiger partial charge in [0.2, 0.25) is 0 Å². The van der Waals surface area contributed by atoms with E-state index in [0.29, 0.717) is 18.7 Å². The summed E-state index contributed by atoms with van der Waals surface area (Å²) in [6.45, 7) is 6.04. The highest BCUT2D eigenvalue weighted by molar-refractivity contribution is 5.93. The molecule has 1 unspecified atom stereocenters. The maximum absolute atomic E-state index is 12.9. The van der Waals surface area contributed by atoms with Crippen molar-refractivity contribution in [3.05, 3.63) is 71.3 Å². The number of amides is 2. The van der Waals surface area contributed by atoms with Crippen LogP contribution in [0.4, 0.5) is 0 Å². The van der Waals surface area contributed by atoms with E-state index in [1.807, 2.05) is 80.4 Å². The summed E-state index contributed by atoms with van der Waals surface area (Å²) in [6.07, 6.45) is 0. The first-order valence-corrected chi connectivity index (χ1v) is 9.42. The van der Waals surface area contributed by atoms with E-state index in [4.69, 9.17) is 0 Å². The molecule has 0 spiro atoms. The number of quaternary nitrogens is 1. The normalized spacial score (nSPS) is 12.9. The summed E-state index contributed by atoms with van der Waals surface area (Å²) < 4.78 is 0. The van der Waals surface area contributed by atoms with Crippen LogP contribution in [0, 0.1) is 0 Å². The van der Waals surface area contributed by atoms with Gasteiger partial charge in [-0.3, -0.25) is 9.59 Å². The third kappa shape index (κ3) is 5.66. The lowest BCUT2D eigenvalue weighted by Gasteiger charge is -2.28. The molecule has 0 aliphatic rings. The maximum atomic E-state index is 12.9. The zero-order valence-corrected chi connectivity index (χ0v) is 16.7. The molecule has 5 nitrogen and oxygen atoms in total. The van der Waals surface area contributed by atoms with Gasteiger partial charge in [0.05, 0.1) is 7.05 Å². The van der Waals surface area contributed by atoms with Gasteiger partial charge in [-0.1, -0.05) is 42.5 Å². The zero-order valence-electron chi connectivity index (χ0n) is 16.7. The summed E-state index contributed by atoms with van der Waals surface area (Å²) in [4.78, 5) is 27.6. The number of nitrogens with one attached hydrogen (secondary N) is 2. The Balaban J connectivity index is 1.99. The molecule has 2 N–H and O–H groups in total. The smallest absolute Gasteiger partial charge is 0.280 e. The Hall–Kier alpha value is -2.66. The van der Waals surface area contributed by atoms with Crippen LogP contribution < -0.4 is 10.2 Å². The predicted octanol–water partition coefficient (Wildman–Crippen LogP) is 1.50. The molecule has 0 aliphatic carbocycles. The molecule has 144 valence electrons. The van der Waals surface area contributed by atoms with E-state index in [1.54, 1.807) is 7.05 Å². The lowest BCUT2D eigenvalue weighted by Crippen LogP contribution is -3.12. The Morgan fingerprint density at radius 3 is 2.22 bits per heavy atom. The molecule has 0 heterocycles. The first kappa shape index (κ1) is 20.6. The fourth-order valence-electron chi connectivity index (χ4n) is 3.03. The number of carbonyl (C=O) groups excluding carboxylic acids is 2. The lowest BCUT2D eigenvalue weighted by molar-refractivity contribution is -0.908. The summed E-state index contributed by atoms with van der Waals surface area (Å²) in [5.74, 6) is 0.0612. The second-order valence-corrected chi connectivity index (χ2v) is 6.86. The second kappa shape index (κ2) is 9.88. The Bertz CT molecular complexity index is 744. The molecule has 5 heteroatoms. The predicted molar refractivity (Wildman–Crippen MR) is 107 cm³/mol. The quantitative estimate of drug-likeness (QED) is 0.742. The number of benzene rings is 2. The van der Waals surface area contributed by atoms with E-state index in [1.165, 1.54) is 0 Å².